The smallest absolute Gasteiger partial charge is 0.185 e. The van der Waals surface area contributed by atoms with Crippen molar-refractivity contribution < 1.29 is 18.3 Å². The van der Waals surface area contributed by atoms with Crippen LogP contribution in [-0.4, -0.2) is 41.5 Å². The lowest BCUT2D eigenvalue weighted by atomic mass is 10.0. The van der Waals surface area contributed by atoms with E-state index in [0.29, 0.717) is 12.1 Å². The van der Waals surface area contributed by atoms with Crippen molar-refractivity contribution in [3.8, 4) is 17.1 Å². The van der Waals surface area contributed by atoms with E-state index in [-0.39, 0.29) is 47.1 Å². The third-order valence-corrected chi connectivity index (χ3v) is 5.98. The molecule has 1 aliphatic rings. The lowest BCUT2D eigenvalue weighted by molar-refractivity contribution is 0.0988. The maximum Gasteiger partial charge on any atom is 0.185 e. The monoisotopic (exact) mass is 452 g/mol. The number of aromatic nitrogens is 2. The normalized spacial score (nSPS) is 17.9. The molecule has 6 nitrogen and oxygen atoms in total. The topological polar surface area (TPSA) is 81.3 Å². The molecule has 0 unspecified atom stereocenters. The molecule has 0 radical (unpaired) electrons. The van der Waals surface area contributed by atoms with Crippen LogP contribution >= 0.6 is 0 Å². The summed E-state index contributed by atoms with van der Waals surface area (Å²) in [7, 11) is 1.42. The van der Waals surface area contributed by atoms with E-state index in [9.17, 15) is 13.6 Å². The van der Waals surface area contributed by atoms with E-state index in [1.54, 1.807) is 12.1 Å². The van der Waals surface area contributed by atoms with Gasteiger partial charge in [0.15, 0.2) is 11.6 Å². The molecule has 1 aromatic heterocycles. The third-order valence-electron chi connectivity index (χ3n) is 5.98. The van der Waals surface area contributed by atoms with Crippen LogP contribution in [-0.2, 0) is 6.42 Å². The van der Waals surface area contributed by atoms with Crippen LogP contribution < -0.4 is 15.4 Å². The fraction of sp³-hybridized carbons (Fsp3) is 0.320. The molecule has 3 aromatic rings. The Morgan fingerprint density at radius 2 is 2.06 bits per heavy atom. The molecule has 0 spiro atoms. The van der Waals surface area contributed by atoms with Crippen molar-refractivity contribution in [1.29, 1.82) is 0 Å². The number of anilines is 1. The molecule has 2 heterocycles. The first-order valence-corrected chi connectivity index (χ1v) is 10.9. The Labute approximate surface area is 191 Å². The number of Topliss-reactive ketones (excluding diaryl/α,β-unsaturated/α-hetero) is 1. The van der Waals surface area contributed by atoms with E-state index < -0.39 is 11.6 Å². The Balaban J connectivity index is 1.66. The molecule has 172 valence electrons. The second kappa shape index (κ2) is 9.62. The fourth-order valence-corrected chi connectivity index (χ4v) is 4.40. The van der Waals surface area contributed by atoms with Crippen molar-refractivity contribution in [3.63, 3.8) is 0 Å². The molecule has 2 aromatic carbocycles. The van der Waals surface area contributed by atoms with Gasteiger partial charge in [-0.1, -0.05) is 13.0 Å². The lowest BCUT2D eigenvalue weighted by Crippen LogP contribution is -2.31. The van der Waals surface area contributed by atoms with Crippen molar-refractivity contribution in [3.05, 3.63) is 71.6 Å². The van der Waals surface area contributed by atoms with Gasteiger partial charge in [0, 0.05) is 36.9 Å². The maximum absolute atomic E-state index is 14.5. The summed E-state index contributed by atoms with van der Waals surface area (Å²) in [4.78, 5) is 23.7. The standard InChI is InChI=1S/C25H26F2N4O2/c1-3-18-13-17(28)14-31(18)21-8-7-16(26)11-15(21)12-22(32)20-9-10-29-25(30-20)24-19(27)5-4-6-23(24)33-2/h4-11,17-18H,3,12-14,28H2,1-2H3/t17-,18+/m0/s1. The molecule has 33 heavy (non-hydrogen) atoms. The summed E-state index contributed by atoms with van der Waals surface area (Å²) < 4.78 is 33.8. The van der Waals surface area contributed by atoms with Gasteiger partial charge in [-0.15, -0.1) is 0 Å². The number of hydrogen-bond acceptors (Lipinski definition) is 6. The number of carbonyl (C=O) groups excluding carboxylic acids is 1. The van der Waals surface area contributed by atoms with Crippen LogP contribution in [0.3, 0.4) is 0 Å². The van der Waals surface area contributed by atoms with Gasteiger partial charge in [-0.3, -0.25) is 4.79 Å². The Bertz CT molecular complexity index is 1170. The highest BCUT2D eigenvalue weighted by molar-refractivity contribution is 5.97. The number of halogens is 2. The van der Waals surface area contributed by atoms with Gasteiger partial charge in [0.2, 0.25) is 0 Å². The van der Waals surface area contributed by atoms with E-state index in [1.807, 2.05) is 0 Å². The molecule has 0 aliphatic carbocycles. The molecule has 2 atom stereocenters. The van der Waals surface area contributed by atoms with Gasteiger partial charge in [-0.25, -0.2) is 18.7 Å². The fourth-order valence-electron chi connectivity index (χ4n) is 4.40. The summed E-state index contributed by atoms with van der Waals surface area (Å²) in [6.07, 6.45) is 3.10. The molecule has 8 heteroatoms. The van der Waals surface area contributed by atoms with Gasteiger partial charge in [-0.05, 0) is 54.8 Å². The highest BCUT2D eigenvalue weighted by atomic mass is 19.1. The van der Waals surface area contributed by atoms with Crippen LogP contribution in [0.4, 0.5) is 14.5 Å². The second-order valence-corrected chi connectivity index (χ2v) is 8.17. The highest BCUT2D eigenvalue weighted by Gasteiger charge is 2.30. The summed E-state index contributed by atoms with van der Waals surface area (Å²) in [5, 5.41) is 0. The second-order valence-electron chi connectivity index (χ2n) is 8.17. The van der Waals surface area contributed by atoms with Crippen molar-refractivity contribution in [2.75, 3.05) is 18.6 Å². The first kappa shape index (κ1) is 22.8. The van der Waals surface area contributed by atoms with Crippen LogP contribution in [0.15, 0.2) is 48.7 Å². The summed E-state index contributed by atoms with van der Waals surface area (Å²) >= 11 is 0. The van der Waals surface area contributed by atoms with Crippen LogP contribution in [0.1, 0.15) is 35.8 Å². The molecule has 0 bridgehead atoms. The summed E-state index contributed by atoms with van der Waals surface area (Å²) in [5.74, 6) is -0.980. The van der Waals surface area contributed by atoms with E-state index >= 15 is 0 Å². The Morgan fingerprint density at radius 3 is 2.82 bits per heavy atom. The van der Waals surface area contributed by atoms with Crippen molar-refractivity contribution >= 4 is 11.5 Å². The van der Waals surface area contributed by atoms with Crippen LogP contribution in [0.25, 0.3) is 11.4 Å². The van der Waals surface area contributed by atoms with Crippen LogP contribution in [0.5, 0.6) is 5.75 Å². The Hall–Kier alpha value is -3.39. The molecular weight excluding hydrogens is 426 g/mol. The largest absolute Gasteiger partial charge is 0.496 e. The number of rotatable bonds is 7. The molecule has 1 saturated heterocycles. The Kier molecular flexibility index (Phi) is 6.65. The zero-order valence-electron chi connectivity index (χ0n) is 18.6. The first-order chi connectivity index (χ1) is 15.9. The molecule has 4 rings (SSSR count). The lowest BCUT2D eigenvalue weighted by Gasteiger charge is -2.28. The predicted molar refractivity (Wildman–Crippen MR) is 122 cm³/mol. The predicted octanol–water partition coefficient (Wildman–Crippen LogP) is 4.17. The van der Waals surface area contributed by atoms with Crippen LogP contribution in [0.2, 0.25) is 0 Å². The van der Waals surface area contributed by atoms with Gasteiger partial charge < -0.3 is 15.4 Å². The number of methoxy groups -OCH3 is 1. The van der Waals surface area contributed by atoms with E-state index in [2.05, 4.69) is 21.8 Å². The van der Waals surface area contributed by atoms with Gasteiger partial charge in [0.1, 0.15) is 23.1 Å². The number of ether oxygens (including phenoxy) is 1. The minimum absolute atomic E-state index is 0.0312. The van der Waals surface area contributed by atoms with Gasteiger partial charge in [-0.2, -0.15) is 0 Å². The molecular formula is C25H26F2N4O2. The zero-order chi connectivity index (χ0) is 23.5. The van der Waals surface area contributed by atoms with Crippen molar-refractivity contribution in [2.45, 2.75) is 38.3 Å². The van der Waals surface area contributed by atoms with Crippen molar-refractivity contribution in [2.24, 2.45) is 5.73 Å². The number of nitrogens with zero attached hydrogens (tertiary/aromatic N) is 3. The Morgan fingerprint density at radius 1 is 1.24 bits per heavy atom. The summed E-state index contributed by atoms with van der Waals surface area (Å²) in [6, 6.07) is 10.6. The number of nitrogens with two attached hydrogens (primary N) is 1. The number of benzene rings is 2. The van der Waals surface area contributed by atoms with E-state index in [4.69, 9.17) is 10.5 Å². The summed E-state index contributed by atoms with van der Waals surface area (Å²) in [5.41, 5.74) is 7.73. The zero-order valence-corrected chi connectivity index (χ0v) is 18.6. The average Bonchev–Trinajstić information content (AvgIpc) is 3.19. The minimum atomic E-state index is -0.553. The van der Waals surface area contributed by atoms with Gasteiger partial charge >= 0.3 is 0 Å². The molecule has 0 amide bonds. The number of ketones is 1. The van der Waals surface area contributed by atoms with E-state index in [0.717, 1.165) is 18.5 Å². The van der Waals surface area contributed by atoms with Gasteiger partial charge in [0.25, 0.3) is 0 Å². The highest BCUT2D eigenvalue weighted by Crippen LogP contribution is 2.32. The quantitative estimate of drug-likeness (QED) is 0.542. The van der Waals surface area contributed by atoms with Gasteiger partial charge in [0.05, 0.1) is 12.7 Å². The molecule has 0 saturated carbocycles. The van der Waals surface area contributed by atoms with E-state index in [1.165, 1.54) is 43.6 Å². The summed E-state index contributed by atoms with van der Waals surface area (Å²) in [6.45, 7) is 2.74. The van der Waals surface area contributed by atoms with Crippen molar-refractivity contribution in [1.82, 2.24) is 9.97 Å². The maximum atomic E-state index is 14.5. The number of carbonyl (C=O) groups is 1. The average molecular weight is 453 g/mol. The third kappa shape index (κ3) is 4.71. The van der Waals surface area contributed by atoms with Crippen LogP contribution in [0, 0.1) is 11.6 Å². The minimum Gasteiger partial charge on any atom is -0.496 e. The molecule has 1 fully saturated rings. The first-order valence-electron chi connectivity index (χ1n) is 10.9. The number of hydrogen-bond donors (Lipinski definition) is 1. The SMILES string of the molecule is CC[C@@H]1C[C@H](N)CN1c1ccc(F)cc1CC(=O)c1ccnc(-c2c(F)cccc2OC)n1. The molecule has 2 N–H and O–H groups in total. The molecule has 1 aliphatic heterocycles.